The molecule has 2 aromatic carbocycles. The summed E-state index contributed by atoms with van der Waals surface area (Å²) in [5.41, 5.74) is 2.26. The standard InChI is InChI=1S/C22H26N2O4S/c1-3-17-7-4-5-10-21(17)23-22(26)18-11-13-24(14-12-18)29(27,28)20-9-6-8-19(15-20)16(2)25/h4-10,15,18H,3,11-14H2,1-2H3,(H,23,26). The number of carbonyl (C=O) groups excluding carboxylic acids is 2. The maximum atomic E-state index is 12.9. The maximum absolute atomic E-state index is 12.9. The van der Waals surface area contributed by atoms with Crippen LogP contribution in [0.1, 0.15) is 42.6 Å². The van der Waals surface area contributed by atoms with Gasteiger partial charge >= 0.3 is 0 Å². The molecule has 3 rings (SSSR count). The van der Waals surface area contributed by atoms with Gasteiger partial charge < -0.3 is 5.32 Å². The Morgan fingerprint density at radius 1 is 1.07 bits per heavy atom. The van der Waals surface area contributed by atoms with Gasteiger partial charge in [0.1, 0.15) is 0 Å². The van der Waals surface area contributed by atoms with Gasteiger partial charge in [-0.3, -0.25) is 9.59 Å². The molecule has 0 spiro atoms. The molecule has 0 saturated carbocycles. The van der Waals surface area contributed by atoms with E-state index in [0.29, 0.717) is 18.4 Å². The molecule has 0 atom stereocenters. The molecule has 0 aliphatic carbocycles. The van der Waals surface area contributed by atoms with Gasteiger partial charge in [-0.15, -0.1) is 0 Å². The van der Waals surface area contributed by atoms with E-state index in [9.17, 15) is 18.0 Å². The number of nitrogens with zero attached hydrogens (tertiary/aromatic N) is 1. The molecule has 0 radical (unpaired) electrons. The van der Waals surface area contributed by atoms with Gasteiger partial charge in [0.05, 0.1) is 4.90 Å². The van der Waals surface area contributed by atoms with Gasteiger partial charge in [-0.05, 0) is 49.9 Å². The monoisotopic (exact) mass is 414 g/mol. The van der Waals surface area contributed by atoms with Crippen LogP contribution in [0.2, 0.25) is 0 Å². The zero-order valence-corrected chi connectivity index (χ0v) is 17.5. The van der Waals surface area contributed by atoms with Crippen LogP contribution in [-0.2, 0) is 21.2 Å². The minimum Gasteiger partial charge on any atom is -0.326 e. The number of anilines is 1. The number of aryl methyl sites for hydroxylation is 1. The van der Waals surface area contributed by atoms with Crippen molar-refractivity contribution in [3.8, 4) is 0 Å². The Bertz CT molecular complexity index is 1010. The van der Waals surface area contributed by atoms with E-state index in [1.54, 1.807) is 12.1 Å². The van der Waals surface area contributed by atoms with Crippen LogP contribution in [0.3, 0.4) is 0 Å². The van der Waals surface area contributed by atoms with Crippen molar-refractivity contribution < 1.29 is 18.0 Å². The van der Waals surface area contributed by atoms with E-state index >= 15 is 0 Å². The molecular formula is C22H26N2O4S. The van der Waals surface area contributed by atoms with Crippen LogP contribution in [0.25, 0.3) is 0 Å². The minimum atomic E-state index is -3.69. The van der Waals surface area contributed by atoms with Gasteiger partial charge in [-0.1, -0.05) is 37.3 Å². The molecule has 7 heteroatoms. The molecule has 1 amide bonds. The number of carbonyl (C=O) groups is 2. The number of rotatable bonds is 6. The number of hydrogen-bond donors (Lipinski definition) is 1. The fourth-order valence-electron chi connectivity index (χ4n) is 3.57. The second kappa shape index (κ2) is 8.88. The number of ketones is 1. The van der Waals surface area contributed by atoms with Crippen LogP contribution >= 0.6 is 0 Å². The number of hydrogen-bond acceptors (Lipinski definition) is 4. The van der Waals surface area contributed by atoms with E-state index in [4.69, 9.17) is 0 Å². The average Bonchev–Trinajstić information content (AvgIpc) is 2.74. The first-order valence-corrected chi connectivity index (χ1v) is 11.3. The molecule has 0 bridgehead atoms. The Morgan fingerprint density at radius 2 is 1.76 bits per heavy atom. The van der Waals surface area contributed by atoms with Crippen LogP contribution in [0.5, 0.6) is 0 Å². The number of para-hydroxylation sites is 1. The van der Waals surface area contributed by atoms with Gasteiger partial charge in [-0.2, -0.15) is 4.31 Å². The Morgan fingerprint density at radius 3 is 2.41 bits per heavy atom. The molecule has 6 nitrogen and oxygen atoms in total. The summed E-state index contributed by atoms with van der Waals surface area (Å²) in [4.78, 5) is 24.3. The van der Waals surface area contributed by atoms with Crippen molar-refractivity contribution in [3.05, 3.63) is 59.7 Å². The van der Waals surface area contributed by atoms with Crippen LogP contribution in [0.15, 0.2) is 53.4 Å². The van der Waals surface area contributed by atoms with E-state index < -0.39 is 10.0 Å². The van der Waals surface area contributed by atoms with E-state index in [0.717, 1.165) is 17.7 Å². The molecule has 0 unspecified atom stereocenters. The van der Waals surface area contributed by atoms with E-state index in [1.165, 1.54) is 23.4 Å². The van der Waals surface area contributed by atoms with Gasteiger partial charge in [0.2, 0.25) is 15.9 Å². The normalized spacial score (nSPS) is 15.8. The molecular weight excluding hydrogens is 388 g/mol. The maximum Gasteiger partial charge on any atom is 0.243 e. The first-order valence-electron chi connectivity index (χ1n) is 9.83. The lowest BCUT2D eigenvalue weighted by Crippen LogP contribution is -2.41. The van der Waals surface area contributed by atoms with Gasteiger partial charge in [0.15, 0.2) is 5.78 Å². The summed E-state index contributed by atoms with van der Waals surface area (Å²) in [7, 11) is -3.69. The minimum absolute atomic E-state index is 0.0680. The fourth-order valence-corrected chi connectivity index (χ4v) is 5.08. The zero-order valence-electron chi connectivity index (χ0n) is 16.7. The Kier molecular flexibility index (Phi) is 6.49. The second-order valence-electron chi connectivity index (χ2n) is 7.26. The first-order chi connectivity index (χ1) is 13.8. The first kappa shape index (κ1) is 21.2. The van der Waals surface area contributed by atoms with Crippen LogP contribution in [-0.4, -0.2) is 37.5 Å². The molecule has 1 aliphatic heterocycles. The quantitative estimate of drug-likeness (QED) is 0.734. The highest BCUT2D eigenvalue weighted by Gasteiger charge is 2.32. The largest absolute Gasteiger partial charge is 0.326 e. The topological polar surface area (TPSA) is 83.6 Å². The van der Waals surface area contributed by atoms with Crippen LogP contribution in [0.4, 0.5) is 5.69 Å². The molecule has 1 N–H and O–H groups in total. The number of benzene rings is 2. The highest BCUT2D eigenvalue weighted by Crippen LogP contribution is 2.26. The zero-order chi connectivity index (χ0) is 21.0. The molecule has 1 aliphatic rings. The SMILES string of the molecule is CCc1ccccc1NC(=O)C1CCN(S(=O)(=O)c2cccc(C(C)=O)c2)CC1. The molecule has 1 saturated heterocycles. The van der Waals surface area contributed by atoms with Crippen molar-refractivity contribution in [1.29, 1.82) is 0 Å². The summed E-state index contributed by atoms with van der Waals surface area (Å²) in [6.07, 6.45) is 1.75. The van der Waals surface area contributed by atoms with Crippen LogP contribution < -0.4 is 5.32 Å². The Hall–Kier alpha value is -2.51. The molecule has 2 aromatic rings. The van der Waals surface area contributed by atoms with E-state index in [2.05, 4.69) is 5.32 Å². The molecule has 0 aromatic heterocycles. The third-order valence-corrected chi connectivity index (χ3v) is 7.25. The fraction of sp³-hybridized carbons (Fsp3) is 0.364. The number of amides is 1. The smallest absolute Gasteiger partial charge is 0.243 e. The molecule has 1 fully saturated rings. The van der Waals surface area contributed by atoms with Crippen molar-refractivity contribution in [1.82, 2.24) is 4.31 Å². The summed E-state index contributed by atoms with van der Waals surface area (Å²) in [6.45, 7) is 4.00. The molecule has 29 heavy (non-hydrogen) atoms. The number of Topliss-reactive ketones (excluding diaryl/α,β-unsaturated/α-hetero) is 1. The lowest BCUT2D eigenvalue weighted by molar-refractivity contribution is -0.120. The second-order valence-corrected chi connectivity index (χ2v) is 9.20. The number of piperidine rings is 1. The third-order valence-electron chi connectivity index (χ3n) is 5.36. The summed E-state index contributed by atoms with van der Waals surface area (Å²) in [5, 5.41) is 2.99. The summed E-state index contributed by atoms with van der Waals surface area (Å²) >= 11 is 0. The highest BCUT2D eigenvalue weighted by molar-refractivity contribution is 7.89. The van der Waals surface area contributed by atoms with Gasteiger partial charge in [-0.25, -0.2) is 8.42 Å². The van der Waals surface area contributed by atoms with Crippen molar-refractivity contribution in [2.75, 3.05) is 18.4 Å². The van der Waals surface area contributed by atoms with Crippen molar-refractivity contribution in [3.63, 3.8) is 0 Å². The number of nitrogens with one attached hydrogen (secondary N) is 1. The lowest BCUT2D eigenvalue weighted by atomic mass is 9.97. The summed E-state index contributed by atoms with van der Waals surface area (Å²) in [5.74, 6) is -0.471. The summed E-state index contributed by atoms with van der Waals surface area (Å²) in [6, 6.07) is 13.8. The predicted molar refractivity (Wildman–Crippen MR) is 112 cm³/mol. The van der Waals surface area contributed by atoms with Crippen molar-refractivity contribution in [2.45, 2.75) is 38.0 Å². The average molecular weight is 415 g/mol. The highest BCUT2D eigenvalue weighted by atomic mass is 32.2. The van der Waals surface area contributed by atoms with E-state index in [1.807, 2.05) is 31.2 Å². The van der Waals surface area contributed by atoms with Crippen LogP contribution in [0, 0.1) is 5.92 Å². The van der Waals surface area contributed by atoms with Gasteiger partial charge in [0, 0.05) is 30.3 Å². The number of sulfonamides is 1. The summed E-state index contributed by atoms with van der Waals surface area (Å²) < 4.78 is 27.3. The van der Waals surface area contributed by atoms with Gasteiger partial charge in [0.25, 0.3) is 0 Å². The van der Waals surface area contributed by atoms with E-state index in [-0.39, 0.29) is 35.6 Å². The molecule has 154 valence electrons. The molecule has 1 heterocycles. The Balaban J connectivity index is 1.66. The van der Waals surface area contributed by atoms with Crippen molar-refractivity contribution in [2.24, 2.45) is 5.92 Å². The third kappa shape index (κ3) is 4.74. The Labute approximate surface area is 172 Å². The lowest BCUT2D eigenvalue weighted by Gasteiger charge is -2.30. The predicted octanol–water partition coefficient (Wildman–Crippen LogP) is 3.49. The van der Waals surface area contributed by atoms with Crippen molar-refractivity contribution >= 4 is 27.4 Å².